The SMILES string of the molecule is Fc1cc(C=Cc2nc(COc3ccc(CCCCn4ccnn4)cc3)co2)cc(F)c1F. The summed E-state index contributed by atoms with van der Waals surface area (Å²) in [6.45, 7) is 1.06. The molecule has 0 unspecified atom stereocenters. The minimum Gasteiger partial charge on any atom is -0.487 e. The van der Waals surface area contributed by atoms with Crippen LogP contribution in [0.1, 0.15) is 35.6 Å². The van der Waals surface area contributed by atoms with Gasteiger partial charge in [0.1, 0.15) is 24.3 Å². The van der Waals surface area contributed by atoms with Crippen molar-refractivity contribution < 1.29 is 22.3 Å². The van der Waals surface area contributed by atoms with Gasteiger partial charge in [-0.15, -0.1) is 5.10 Å². The quantitative estimate of drug-likeness (QED) is 0.235. The number of aryl methyl sites for hydroxylation is 2. The molecule has 170 valence electrons. The van der Waals surface area contributed by atoms with Crippen LogP contribution < -0.4 is 4.74 Å². The van der Waals surface area contributed by atoms with Crippen LogP contribution in [-0.4, -0.2) is 20.0 Å². The highest BCUT2D eigenvalue weighted by Gasteiger charge is 2.09. The van der Waals surface area contributed by atoms with Crippen molar-refractivity contribution in [1.82, 2.24) is 20.0 Å². The predicted octanol–water partition coefficient (Wildman–Crippen LogP) is 5.46. The van der Waals surface area contributed by atoms with Crippen molar-refractivity contribution >= 4 is 12.2 Å². The Balaban J connectivity index is 1.23. The average molecular weight is 454 g/mol. The summed E-state index contributed by atoms with van der Waals surface area (Å²) in [4.78, 5) is 4.24. The summed E-state index contributed by atoms with van der Waals surface area (Å²) in [5.74, 6) is -3.07. The van der Waals surface area contributed by atoms with Gasteiger partial charge in [0.15, 0.2) is 17.5 Å². The molecule has 2 aromatic heterocycles. The van der Waals surface area contributed by atoms with E-state index in [9.17, 15) is 13.2 Å². The molecule has 0 aliphatic carbocycles. The molecule has 0 spiro atoms. The Bertz CT molecular complexity index is 1180. The Labute approximate surface area is 188 Å². The zero-order valence-electron chi connectivity index (χ0n) is 17.6. The van der Waals surface area contributed by atoms with Crippen molar-refractivity contribution in [3.8, 4) is 5.75 Å². The number of ether oxygens (including phenoxy) is 1. The number of rotatable bonds is 10. The maximum absolute atomic E-state index is 13.3. The molecule has 0 aliphatic heterocycles. The molecule has 0 aliphatic rings. The number of halogens is 3. The maximum atomic E-state index is 13.3. The molecule has 2 heterocycles. The number of unbranched alkanes of at least 4 members (excludes halogenated alkanes) is 1. The summed E-state index contributed by atoms with van der Waals surface area (Å²) in [7, 11) is 0. The third kappa shape index (κ3) is 6.31. The third-order valence-corrected chi connectivity index (χ3v) is 4.88. The Hall–Kier alpha value is -3.88. The molecule has 0 bridgehead atoms. The van der Waals surface area contributed by atoms with Crippen LogP contribution in [0.3, 0.4) is 0 Å². The lowest BCUT2D eigenvalue weighted by atomic mass is 10.1. The molecule has 0 saturated carbocycles. The fraction of sp³-hybridized carbons (Fsp3) is 0.208. The first kappa shape index (κ1) is 22.3. The van der Waals surface area contributed by atoms with Gasteiger partial charge < -0.3 is 9.15 Å². The van der Waals surface area contributed by atoms with Gasteiger partial charge in [0.05, 0.1) is 6.20 Å². The van der Waals surface area contributed by atoms with E-state index >= 15 is 0 Å². The largest absolute Gasteiger partial charge is 0.487 e. The molecular weight excluding hydrogens is 433 g/mol. The number of oxazole rings is 1. The summed E-state index contributed by atoms with van der Waals surface area (Å²) in [6, 6.07) is 9.66. The normalized spacial score (nSPS) is 11.4. The lowest BCUT2D eigenvalue weighted by Gasteiger charge is -2.06. The van der Waals surface area contributed by atoms with Crippen molar-refractivity contribution in [1.29, 1.82) is 0 Å². The monoisotopic (exact) mass is 454 g/mol. The van der Waals surface area contributed by atoms with Gasteiger partial charge in [-0.2, -0.15) is 0 Å². The van der Waals surface area contributed by atoms with E-state index in [1.807, 2.05) is 35.1 Å². The van der Waals surface area contributed by atoms with Gasteiger partial charge in [-0.1, -0.05) is 17.3 Å². The molecule has 33 heavy (non-hydrogen) atoms. The molecule has 0 radical (unpaired) electrons. The van der Waals surface area contributed by atoms with Gasteiger partial charge in [-0.25, -0.2) is 18.2 Å². The average Bonchev–Trinajstić information content (AvgIpc) is 3.50. The first-order chi connectivity index (χ1) is 16.1. The highest BCUT2D eigenvalue weighted by molar-refractivity contribution is 5.66. The summed E-state index contributed by atoms with van der Waals surface area (Å²) in [5, 5.41) is 7.74. The molecule has 9 heteroatoms. The van der Waals surface area contributed by atoms with E-state index in [1.165, 1.54) is 24.0 Å². The fourth-order valence-corrected chi connectivity index (χ4v) is 3.17. The van der Waals surface area contributed by atoms with E-state index in [2.05, 4.69) is 15.3 Å². The molecule has 0 saturated heterocycles. The Morgan fingerprint density at radius 3 is 2.52 bits per heavy atom. The number of nitrogens with zero attached hydrogens (tertiary/aromatic N) is 4. The topological polar surface area (TPSA) is 66.0 Å². The minimum atomic E-state index is -1.50. The van der Waals surface area contributed by atoms with Gasteiger partial charge in [0.25, 0.3) is 0 Å². The molecule has 4 rings (SSSR count). The zero-order valence-corrected chi connectivity index (χ0v) is 17.6. The Morgan fingerprint density at radius 1 is 1.00 bits per heavy atom. The van der Waals surface area contributed by atoms with Crippen LogP contribution >= 0.6 is 0 Å². The highest BCUT2D eigenvalue weighted by atomic mass is 19.2. The summed E-state index contributed by atoms with van der Waals surface area (Å²) < 4.78 is 52.4. The van der Waals surface area contributed by atoms with Gasteiger partial charge in [0, 0.05) is 18.8 Å². The van der Waals surface area contributed by atoms with E-state index in [0.29, 0.717) is 11.4 Å². The van der Waals surface area contributed by atoms with Gasteiger partial charge in [-0.3, -0.25) is 4.68 Å². The third-order valence-electron chi connectivity index (χ3n) is 4.88. The highest BCUT2D eigenvalue weighted by Crippen LogP contribution is 2.18. The fourth-order valence-electron chi connectivity index (χ4n) is 3.17. The summed E-state index contributed by atoms with van der Waals surface area (Å²) >= 11 is 0. The first-order valence-electron chi connectivity index (χ1n) is 10.4. The maximum Gasteiger partial charge on any atom is 0.218 e. The molecule has 6 nitrogen and oxygen atoms in total. The first-order valence-corrected chi connectivity index (χ1v) is 10.4. The second-order valence-electron chi connectivity index (χ2n) is 7.36. The number of hydrogen-bond donors (Lipinski definition) is 0. The zero-order chi connectivity index (χ0) is 23.0. The predicted molar refractivity (Wildman–Crippen MR) is 115 cm³/mol. The molecule has 2 aromatic carbocycles. The molecule has 4 aromatic rings. The molecule has 0 atom stereocenters. The summed E-state index contributed by atoms with van der Waals surface area (Å²) in [5.41, 5.74) is 1.94. The van der Waals surface area contributed by atoms with Crippen LogP contribution in [0.2, 0.25) is 0 Å². The molecule has 0 N–H and O–H groups in total. The van der Waals surface area contributed by atoms with Crippen LogP contribution in [-0.2, 0) is 19.6 Å². The van der Waals surface area contributed by atoms with Crippen molar-refractivity contribution in [3.05, 3.63) is 95.2 Å². The van der Waals surface area contributed by atoms with Crippen LogP contribution in [0.5, 0.6) is 5.75 Å². The van der Waals surface area contributed by atoms with E-state index in [-0.39, 0.29) is 18.1 Å². The van der Waals surface area contributed by atoms with E-state index in [1.54, 1.807) is 6.20 Å². The lowest BCUT2D eigenvalue weighted by Crippen LogP contribution is -1.99. The number of benzene rings is 2. The standard InChI is InChI=1S/C24H21F3N4O2/c25-21-13-18(14-22(26)24(21)27)6-9-23-29-19(16-33-23)15-32-20-7-4-17(5-8-20)3-1-2-11-31-12-10-28-30-31/h4-10,12-14,16H,1-3,11,15H2. The molecule has 0 fully saturated rings. The summed E-state index contributed by atoms with van der Waals surface area (Å²) in [6.07, 6.45) is 10.8. The van der Waals surface area contributed by atoms with Crippen molar-refractivity contribution in [2.45, 2.75) is 32.4 Å². The second-order valence-corrected chi connectivity index (χ2v) is 7.36. The minimum absolute atomic E-state index is 0.154. The second kappa shape index (κ2) is 10.6. The van der Waals surface area contributed by atoms with E-state index in [0.717, 1.165) is 37.9 Å². The van der Waals surface area contributed by atoms with E-state index < -0.39 is 17.5 Å². The van der Waals surface area contributed by atoms with Crippen LogP contribution in [0.25, 0.3) is 12.2 Å². The number of aromatic nitrogens is 4. The van der Waals surface area contributed by atoms with Gasteiger partial charge in [-0.05, 0) is 60.7 Å². The molecular formula is C24H21F3N4O2. The number of hydrogen-bond acceptors (Lipinski definition) is 5. The molecule has 0 amide bonds. The lowest BCUT2D eigenvalue weighted by molar-refractivity contribution is 0.301. The van der Waals surface area contributed by atoms with E-state index in [4.69, 9.17) is 9.15 Å². The van der Waals surface area contributed by atoms with Crippen LogP contribution in [0, 0.1) is 17.5 Å². The Kier molecular flexibility index (Phi) is 7.19. The van der Waals surface area contributed by atoms with Crippen LogP contribution in [0.4, 0.5) is 13.2 Å². The van der Waals surface area contributed by atoms with Crippen molar-refractivity contribution in [3.63, 3.8) is 0 Å². The van der Waals surface area contributed by atoms with Gasteiger partial charge >= 0.3 is 0 Å². The van der Waals surface area contributed by atoms with Crippen molar-refractivity contribution in [2.75, 3.05) is 0 Å². The smallest absolute Gasteiger partial charge is 0.218 e. The van der Waals surface area contributed by atoms with Crippen LogP contribution in [0.15, 0.2) is 59.5 Å². The van der Waals surface area contributed by atoms with Gasteiger partial charge in [0.2, 0.25) is 5.89 Å². The van der Waals surface area contributed by atoms with Crippen molar-refractivity contribution in [2.24, 2.45) is 0 Å². The Morgan fingerprint density at radius 2 is 1.79 bits per heavy atom.